The molecule has 0 bridgehead atoms. The van der Waals surface area contributed by atoms with Crippen molar-refractivity contribution in [1.29, 1.82) is 0 Å². The van der Waals surface area contributed by atoms with Gasteiger partial charge in [0, 0.05) is 37.7 Å². The van der Waals surface area contributed by atoms with Crippen LogP contribution in [0.4, 0.5) is 5.69 Å². The Hall–Kier alpha value is -1.88. The van der Waals surface area contributed by atoms with E-state index in [-0.39, 0.29) is 23.8 Å². The molecule has 0 saturated carbocycles. The molecule has 3 rings (SSSR count). The Labute approximate surface area is 149 Å². The van der Waals surface area contributed by atoms with E-state index in [1.165, 1.54) is 6.42 Å². The summed E-state index contributed by atoms with van der Waals surface area (Å²) < 4.78 is 5.70. The minimum atomic E-state index is -0.00839. The van der Waals surface area contributed by atoms with Gasteiger partial charge in [-0.15, -0.1) is 0 Å². The summed E-state index contributed by atoms with van der Waals surface area (Å²) in [5.74, 6) is 0.260. The monoisotopic (exact) mass is 344 g/mol. The maximum Gasteiger partial charge on any atom is 0.227 e. The SMILES string of the molecule is O=C(Nc1ccccc1)C1CCN(C(=O)CCC2CCCCO2)CC1. The fourth-order valence-electron chi connectivity index (χ4n) is 3.63. The molecule has 2 fully saturated rings. The molecule has 2 saturated heterocycles. The average Bonchev–Trinajstić information content (AvgIpc) is 2.68. The molecule has 0 radical (unpaired) electrons. The lowest BCUT2D eigenvalue weighted by Crippen LogP contribution is -2.41. The number of likely N-dealkylation sites (tertiary alicyclic amines) is 1. The first kappa shape index (κ1) is 17.9. The van der Waals surface area contributed by atoms with Crippen LogP contribution in [0.15, 0.2) is 30.3 Å². The third-order valence-electron chi connectivity index (χ3n) is 5.21. The quantitative estimate of drug-likeness (QED) is 0.892. The van der Waals surface area contributed by atoms with E-state index in [0.717, 1.165) is 44.4 Å². The molecule has 0 aromatic heterocycles. The maximum absolute atomic E-state index is 12.4. The zero-order valence-corrected chi connectivity index (χ0v) is 14.8. The standard InChI is InChI=1S/C20H28N2O3/c23-19(10-9-18-8-4-5-15-25-18)22-13-11-16(12-14-22)20(24)21-17-6-2-1-3-7-17/h1-3,6-7,16,18H,4-5,8-15H2,(H,21,24). The van der Waals surface area contributed by atoms with Crippen molar-refractivity contribution in [3.05, 3.63) is 30.3 Å². The summed E-state index contributed by atoms with van der Waals surface area (Å²) in [5, 5.41) is 2.96. The maximum atomic E-state index is 12.4. The molecule has 1 atom stereocenters. The average molecular weight is 344 g/mol. The van der Waals surface area contributed by atoms with Gasteiger partial charge in [0.1, 0.15) is 0 Å². The first-order valence-corrected chi connectivity index (χ1v) is 9.47. The van der Waals surface area contributed by atoms with Crippen molar-refractivity contribution >= 4 is 17.5 Å². The molecule has 1 N–H and O–H groups in total. The van der Waals surface area contributed by atoms with Crippen LogP contribution < -0.4 is 5.32 Å². The van der Waals surface area contributed by atoms with E-state index in [1.54, 1.807) is 0 Å². The predicted octanol–water partition coefficient (Wildman–Crippen LogP) is 3.21. The number of amides is 2. The van der Waals surface area contributed by atoms with E-state index in [2.05, 4.69) is 5.32 Å². The Morgan fingerprint density at radius 1 is 1.08 bits per heavy atom. The van der Waals surface area contributed by atoms with E-state index in [4.69, 9.17) is 4.74 Å². The highest BCUT2D eigenvalue weighted by Crippen LogP contribution is 2.22. The number of anilines is 1. The van der Waals surface area contributed by atoms with E-state index >= 15 is 0 Å². The minimum absolute atomic E-state index is 0.00839. The van der Waals surface area contributed by atoms with Crippen LogP contribution in [0.25, 0.3) is 0 Å². The number of carbonyl (C=O) groups is 2. The van der Waals surface area contributed by atoms with Crippen LogP contribution in [0, 0.1) is 5.92 Å². The number of hydrogen-bond donors (Lipinski definition) is 1. The second kappa shape index (κ2) is 8.99. The summed E-state index contributed by atoms with van der Waals surface area (Å²) >= 11 is 0. The van der Waals surface area contributed by atoms with Gasteiger partial charge in [0.15, 0.2) is 0 Å². The van der Waals surface area contributed by atoms with Crippen LogP contribution >= 0.6 is 0 Å². The molecular formula is C20H28N2O3. The molecule has 1 unspecified atom stereocenters. The Bertz CT molecular complexity index is 562. The predicted molar refractivity (Wildman–Crippen MR) is 97.2 cm³/mol. The molecule has 2 aliphatic rings. The van der Waals surface area contributed by atoms with Crippen LogP contribution in [0.3, 0.4) is 0 Å². The Balaban J connectivity index is 1.38. The highest BCUT2D eigenvalue weighted by Gasteiger charge is 2.27. The van der Waals surface area contributed by atoms with Gasteiger partial charge in [-0.3, -0.25) is 9.59 Å². The molecule has 1 aromatic rings. The van der Waals surface area contributed by atoms with Crippen molar-refractivity contribution < 1.29 is 14.3 Å². The van der Waals surface area contributed by atoms with Gasteiger partial charge in [0.05, 0.1) is 6.10 Å². The fourth-order valence-corrected chi connectivity index (χ4v) is 3.63. The van der Waals surface area contributed by atoms with Gasteiger partial charge in [0.25, 0.3) is 0 Å². The lowest BCUT2D eigenvalue weighted by atomic mass is 9.95. The van der Waals surface area contributed by atoms with Gasteiger partial charge in [-0.2, -0.15) is 0 Å². The summed E-state index contributed by atoms with van der Waals surface area (Å²) in [4.78, 5) is 26.6. The summed E-state index contributed by atoms with van der Waals surface area (Å²) in [6.07, 6.45) is 6.55. The van der Waals surface area contributed by atoms with Crippen molar-refractivity contribution in [3.8, 4) is 0 Å². The zero-order chi connectivity index (χ0) is 17.5. The Morgan fingerprint density at radius 2 is 1.84 bits per heavy atom. The van der Waals surface area contributed by atoms with Gasteiger partial charge in [-0.25, -0.2) is 0 Å². The molecule has 5 nitrogen and oxygen atoms in total. The van der Waals surface area contributed by atoms with Crippen LogP contribution in [0.2, 0.25) is 0 Å². The number of rotatable bonds is 5. The molecular weight excluding hydrogens is 316 g/mol. The van der Waals surface area contributed by atoms with Crippen molar-refractivity contribution in [1.82, 2.24) is 4.90 Å². The van der Waals surface area contributed by atoms with E-state index in [0.29, 0.717) is 19.5 Å². The Morgan fingerprint density at radius 3 is 2.52 bits per heavy atom. The number of carbonyl (C=O) groups excluding carboxylic acids is 2. The topological polar surface area (TPSA) is 58.6 Å². The molecule has 136 valence electrons. The lowest BCUT2D eigenvalue weighted by molar-refractivity contribution is -0.135. The first-order valence-electron chi connectivity index (χ1n) is 9.47. The normalized spacial score (nSPS) is 21.8. The Kier molecular flexibility index (Phi) is 6.45. The van der Waals surface area contributed by atoms with E-state index in [1.807, 2.05) is 35.2 Å². The summed E-state index contributed by atoms with van der Waals surface area (Å²) in [7, 11) is 0. The number of hydrogen-bond acceptors (Lipinski definition) is 3. The number of para-hydroxylation sites is 1. The molecule has 2 aliphatic heterocycles. The van der Waals surface area contributed by atoms with Gasteiger partial charge in [-0.05, 0) is 50.7 Å². The van der Waals surface area contributed by atoms with Gasteiger partial charge >= 0.3 is 0 Å². The van der Waals surface area contributed by atoms with Crippen LogP contribution in [0.1, 0.15) is 44.9 Å². The molecule has 2 amide bonds. The zero-order valence-electron chi connectivity index (χ0n) is 14.8. The van der Waals surface area contributed by atoms with Crippen LogP contribution in [-0.4, -0.2) is 42.5 Å². The molecule has 25 heavy (non-hydrogen) atoms. The number of ether oxygens (including phenoxy) is 1. The lowest BCUT2D eigenvalue weighted by Gasteiger charge is -2.32. The number of nitrogens with zero attached hydrogens (tertiary/aromatic N) is 1. The largest absolute Gasteiger partial charge is 0.378 e. The second-order valence-corrected chi connectivity index (χ2v) is 7.04. The molecule has 5 heteroatoms. The van der Waals surface area contributed by atoms with Crippen molar-refractivity contribution in [2.24, 2.45) is 5.92 Å². The molecule has 1 aromatic carbocycles. The molecule has 0 spiro atoms. The smallest absolute Gasteiger partial charge is 0.227 e. The van der Waals surface area contributed by atoms with E-state index in [9.17, 15) is 9.59 Å². The van der Waals surface area contributed by atoms with Gasteiger partial charge in [-0.1, -0.05) is 18.2 Å². The van der Waals surface area contributed by atoms with Crippen LogP contribution in [-0.2, 0) is 14.3 Å². The number of benzene rings is 1. The van der Waals surface area contributed by atoms with Crippen LogP contribution in [0.5, 0.6) is 0 Å². The van der Waals surface area contributed by atoms with Crippen molar-refractivity contribution in [3.63, 3.8) is 0 Å². The minimum Gasteiger partial charge on any atom is -0.378 e. The highest BCUT2D eigenvalue weighted by molar-refractivity contribution is 5.92. The summed E-state index contributed by atoms with van der Waals surface area (Å²) in [6, 6.07) is 9.53. The third-order valence-corrected chi connectivity index (χ3v) is 5.21. The van der Waals surface area contributed by atoms with Crippen molar-refractivity contribution in [2.75, 3.05) is 25.0 Å². The summed E-state index contributed by atoms with van der Waals surface area (Å²) in [6.45, 7) is 2.19. The first-order chi connectivity index (χ1) is 12.2. The van der Waals surface area contributed by atoms with Gasteiger partial charge < -0.3 is 15.0 Å². The van der Waals surface area contributed by atoms with Gasteiger partial charge in [0.2, 0.25) is 11.8 Å². The fraction of sp³-hybridized carbons (Fsp3) is 0.600. The van der Waals surface area contributed by atoms with E-state index < -0.39 is 0 Å². The second-order valence-electron chi connectivity index (χ2n) is 7.04. The highest BCUT2D eigenvalue weighted by atomic mass is 16.5. The molecule has 0 aliphatic carbocycles. The third kappa shape index (κ3) is 5.30. The number of nitrogens with one attached hydrogen (secondary N) is 1. The molecule has 2 heterocycles. The van der Waals surface area contributed by atoms with Crippen molar-refractivity contribution in [2.45, 2.75) is 51.0 Å². The summed E-state index contributed by atoms with van der Waals surface area (Å²) in [5.41, 5.74) is 0.832. The number of piperidine rings is 1.